The maximum absolute atomic E-state index is 12.5. The van der Waals surface area contributed by atoms with Gasteiger partial charge in [0.15, 0.2) is 0 Å². The average Bonchev–Trinajstić information content (AvgIpc) is 2.54. The van der Waals surface area contributed by atoms with E-state index in [9.17, 15) is 9.59 Å². The Morgan fingerprint density at radius 1 is 1.12 bits per heavy atom. The summed E-state index contributed by atoms with van der Waals surface area (Å²) < 4.78 is 7.47. The summed E-state index contributed by atoms with van der Waals surface area (Å²) in [5.74, 6) is -0.811. The van der Waals surface area contributed by atoms with Gasteiger partial charge in [0.1, 0.15) is 6.04 Å². The molecule has 1 N–H and O–H groups in total. The van der Waals surface area contributed by atoms with E-state index in [0.29, 0.717) is 12.0 Å². The number of carbonyl (C=O) groups is 2. The molecule has 0 fully saturated rings. The van der Waals surface area contributed by atoms with Crippen molar-refractivity contribution >= 4 is 66.3 Å². The number of methoxy groups -OCH3 is 1. The Bertz CT molecular complexity index is 730. The third-order valence-electron chi connectivity index (χ3n) is 3.27. The molecular weight excluding hydrogens is 553 g/mol. The SMILES string of the molecule is COC(=O)[C@H](Cc1ccc(I)cc1)NC(=O)c1cc(Br)cc(Br)c1. The van der Waals surface area contributed by atoms with Crippen LogP contribution in [0.3, 0.4) is 0 Å². The number of halogens is 3. The summed E-state index contributed by atoms with van der Waals surface area (Å²) in [6, 6.07) is 12.2. The first kappa shape index (κ1) is 19.4. The van der Waals surface area contributed by atoms with Crippen LogP contribution in [0.15, 0.2) is 51.4 Å². The van der Waals surface area contributed by atoms with Gasteiger partial charge in [-0.25, -0.2) is 4.79 Å². The first-order chi connectivity index (χ1) is 11.4. The summed E-state index contributed by atoms with van der Waals surface area (Å²) in [6.07, 6.45) is 0.366. The highest BCUT2D eigenvalue weighted by molar-refractivity contribution is 14.1. The fourth-order valence-electron chi connectivity index (χ4n) is 2.12. The van der Waals surface area contributed by atoms with Gasteiger partial charge in [0.25, 0.3) is 5.91 Å². The number of hydrogen-bond acceptors (Lipinski definition) is 3. The molecule has 0 unspecified atom stereocenters. The minimum Gasteiger partial charge on any atom is -0.467 e. The molecule has 0 aromatic heterocycles. The zero-order chi connectivity index (χ0) is 17.7. The van der Waals surface area contributed by atoms with Crippen molar-refractivity contribution in [3.63, 3.8) is 0 Å². The standard InChI is InChI=1S/C17H14Br2INO3/c1-24-17(23)15(6-10-2-4-14(20)5-3-10)21-16(22)11-7-12(18)9-13(19)8-11/h2-5,7-9,15H,6H2,1H3,(H,21,22)/t15-/m0/s1. The van der Waals surface area contributed by atoms with Crippen LogP contribution in [-0.4, -0.2) is 25.0 Å². The maximum atomic E-state index is 12.5. The Morgan fingerprint density at radius 3 is 2.25 bits per heavy atom. The monoisotopic (exact) mass is 565 g/mol. The predicted octanol–water partition coefficient (Wildman–Crippen LogP) is 4.33. The van der Waals surface area contributed by atoms with E-state index in [1.54, 1.807) is 12.1 Å². The summed E-state index contributed by atoms with van der Waals surface area (Å²) in [7, 11) is 1.31. The molecule has 24 heavy (non-hydrogen) atoms. The van der Waals surface area contributed by atoms with Gasteiger partial charge in [-0.05, 0) is 58.5 Å². The third kappa shape index (κ3) is 5.56. The third-order valence-corrected chi connectivity index (χ3v) is 4.90. The van der Waals surface area contributed by atoms with E-state index < -0.39 is 12.0 Å². The molecule has 1 atom stereocenters. The summed E-state index contributed by atoms with van der Waals surface area (Å²) >= 11 is 8.91. The van der Waals surface area contributed by atoms with Gasteiger partial charge in [0.2, 0.25) is 0 Å². The van der Waals surface area contributed by atoms with Gasteiger partial charge in [0.05, 0.1) is 7.11 Å². The summed E-state index contributed by atoms with van der Waals surface area (Å²) in [5, 5.41) is 2.74. The van der Waals surface area contributed by atoms with Crippen molar-refractivity contribution in [2.45, 2.75) is 12.5 Å². The number of carbonyl (C=O) groups excluding carboxylic acids is 2. The second-order valence-electron chi connectivity index (χ2n) is 5.04. The van der Waals surface area contributed by atoms with Crippen LogP contribution in [0, 0.1) is 3.57 Å². The molecule has 2 aromatic rings. The topological polar surface area (TPSA) is 55.4 Å². The lowest BCUT2D eigenvalue weighted by molar-refractivity contribution is -0.142. The zero-order valence-electron chi connectivity index (χ0n) is 12.7. The van der Waals surface area contributed by atoms with Crippen LogP contribution < -0.4 is 5.32 Å². The molecule has 0 radical (unpaired) electrons. The Morgan fingerprint density at radius 2 is 1.71 bits per heavy atom. The quantitative estimate of drug-likeness (QED) is 0.433. The van der Waals surface area contributed by atoms with E-state index in [0.717, 1.165) is 18.1 Å². The highest BCUT2D eigenvalue weighted by atomic mass is 127. The van der Waals surface area contributed by atoms with Gasteiger partial charge in [-0.3, -0.25) is 4.79 Å². The lowest BCUT2D eigenvalue weighted by Crippen LogP contribution is -2.43. The lowest BCUT2D eigenvalue weighted by Gasteiger charge is -2.17. The van der Waals surface area contributed by atoms with Crippen LogP contribution in [0.2, 0.25) is 0 Å². The molecule has 0 heterocycles. The Balaban J connectivity index is 2.17. The van der Waals surface area contributed by atoms with Crippen LogP contribution in [0.5, 0.6) is 0 Å². The molecule has 0 aliphatic heterocycles. The number of amides is 1. The molecule has 126 valence electrons. The number of benzene rings is 2. The van der Waals surface area contributed by atoms with E-state index >= 15 is 0 Å². The smallest absolute Gasteiger partial charge is 0.328 e. The van der Waals surface area contributed by atoms with Crippen LogP contribution >= 0.6 is 54.5 Å². The van der Waals surface area contributed by atoms with Crippen molar-refractivity contribution in [3.05, 3.63) is 66.1 Å². The molecule has 0 saturated heterocycles. The number of esters is 1. The molecule has 7 heteroatoms. The van der Waals surface area contributed by atoms with E-state index in [4.69, 9.17) is 4.74 Å². The highest BCUT2D eigenvalue weighted by Crippen LogP contribution is 2.20. The largest absolute Gasteiger partial charge is 0.467 e. The van der Waals surface area contributed by atoms with E-state index in [1.807, 2.05) is 30.3 Å². The Hall–Kier alpha value is -0.930. The van der Waals surface area contributed by atoms with Crippen LogP contribution in [0.25, 0.3) is 0 Å². The molecule has 0 aliphatic rings. The molecule has 0 spiro atoms. The number of ether oxygens (including phenoxy) is 1. The number of hydrogen-bond donors (Lipinski definition) is 1. The molecule has 2 rings (SSSR count). The van der Waals surface area contributed by atoms with E-state index in [-0.39, 0.29) is 5.91 Å². The molecule has 1 amide bonds. The van der Waals surface area contributed by atoms with Gasteiger partial charge >= 0.3 is 5.97 Å². The number of nitrogens with one attached hydrogen (secondary N) is 1. The van der Waals surface area contributed by atoms with Gasteiger partial charge in [0, 0.05) is 24.5 Å². The van der Waals surface area contributed by atoms with Crippen molar-refractivity contribution < 1.29 is 14.3 Å². The van der Waals surface area contributed by atoms with E-state index in [1.165, 1.54) is 7.11 Å². The fourth-order valence-corrected chi connectivity index (χ4v) is 3.77. The van der Waals surface area contributed by atoms with Crippen molar-refractivity contribution in [2.24, 2.45) is 0 Å². The van der Waals surface area contributed by atoms with Crippen molar-refractivity contribution in [3.8, 4) is 0 Å². The lowest BCUT2D eigenvalue weighted by atomic mass is 10.1. The molecule has 2 aromatic carbocycles. The summed E-state index contributed by atoms with van der Waals surface area (Å²) in [5.41, 5.74) is 1.40. The molecular formula is C17H14Br2INO3. The van der Waals surface area contributed by atoms with Gasteiger partial charge in [-0.15, -0.1) is 0 Å². The van der Waals surface area contributed by atoms with Crippen molar-refractivity contribution in [1.82, 2.24) is 5.32 Å². The zero-order valence-corrected chi connectivity index (χ0v) is 18.0. The minimum atomic E-state index is -0.750. The van der Waals surface area contributed by atoms with Crippen molar-refractivity contribution in [1.29, 1.82) is 0 Å². The second kappa shape index (κ2) is 8.96. The van der Waals surface area contributed by atoms with Gasteiger partial charge < -0.3 is 10.1 Å². The number of rotatable bonds is 5. The van der Waals surface area contributed by atoms with Gasteiger partial charge in [-0.1, -0.05) is 44.0 Å². The van der Waals surface area contributed by atoms with Crippen molar-refractivity contribution in [2.75, 3.05) is 7.11 Å². The van der Waals surface area contributed by atoms with Crippen LogP contribution in [0.1, 0.15) is 15.9 Å². The first-order valence-corrected chi connectivity index (χ1v) is 9.64. The Labute approximate surface area is 170 Å². The highest BCUT2D eigenvalue weighted by Gasteiger charge is 2.23. The van der Waals surface area contributed by atoms with Crippen LogP contribution in [-0.2, 0) is 16.0 Å². The first-order valence-electron chi connectivity index (χ1n) is 6.98. The summed E-state index contributed by atoms with van der Waals surface area (Å²) in [6.45, 7) is 0. The van der Waals surface area contributed by atoms with E-state index in [2.05, 4.69) is 59.8 Å². The Kier molecular flexibility index (Phi) is 7.24. The molecule has 0 aliphatic carbocycles. The van der Waals surface area contributed by atoms with Crippen LogP contribution in [0.4, 0.5) is 0 Å². The molecule has 0 bridgehead atoms. The molecule has 4 nitrogen and oxygen atoms in total. The second-order valence-corrected chi connectivity index (χ2v) is 8.11. The predicted molar refractivity (Wildman–Crippen MR) is 108 cm³/mol. The normalized spacial score (nSPS) is 11.7. The fraction of sp³-hybridized carbons (Fsp3) is 0.176. The summed E-state index contributed by atoms with van der Waals surface area (Å²) in [4.78, 5) is 24.5. The van der Waals surface area contributed by atoms with Gasteiger partial charge in [-0.2, -0.15) is 0 Å². The minimum absolute atomic E-state index is 0.335. The average molecular weight is 567 g/mol. The molecule has 0 saturated carbocycles. The maximum Gasteiger partial charge on any atom is 0.328 e.